The van der Waals surface area contributed by atoms with Crippen LogP contribution in [-0.2, 0) is 32.6 Å². The lowest BCUT2D eigenvalue weighted by Gasteiger charge is -2.10. The molecule has 40 heteroatoms. The van der Waals surface area contributed by atoms with Gasteiger partial charge in [0.15, 0.2) is 34.5 Å². The van der Waals surface area contributed by atoms with Crippen LogP contribution < -0.4 is 27.3 Å². The third-order valence-corrected chi connectivity index (χ3v) is 20.0. The third-order valence-electron chi connectivity index (χ3n) is 16.2. The Morgan fingerprint density at radius 2 is 1.03 bits per heavy atom. The number of phenolic OH excluding ortho intramolecular Hbond substituents is 5. The number of hydrogen-bond donors (Lipinski definition) is 8. The molecule has 0 unspecified atom stereocenters. The summed E-state index contributed by atoms with van der Waals surface area (Å²) >= 11 is 60.6. The van der Waals surface area contributed by atoms with Crippen LogP contribution in [0.15, 0.2) is 106 Å². The first-order chi connectivity index (χ1) is 50.9. The molecule has 111 heavy (non-hydrogen) atoms. The average Bonchev–Trinajstić information content (AvgIpc) is 1.79. The van der Waals surface area contributed by atoms with Gasteiger partial charge in [0.1, 0.15) is 38.6 Å². The Kier molecular flexibility index (Phi) is 34.1. The minimum atomic E-state index is -0.345. The maximum Gasteiger partial charge on any atom is 0.263 e. The second-order valence-electron chi connectivity index (χ2n) is 24.4. The van der Waals surface area contributed by atoms with Crippen LogP contribution in [0.2, 0.25) is 50.2 Å². The molecular weight excluding hydrogens is 1800 g/mol. The molecule has 8 N–H and O–H groups in total. The molecule has 1 amide bonds. The van der Waals surface area contributed by atoms with Crippen molar-refractivity contribution in [3.63, 3.8) is 0 Å². The molecule has 25 nitrogen and oxygen atoms in total. The summed E-state index contributed by atoms with van der Waals surface area (Å²) in [5, 5.41) is 71.6. The number of nitrogens with zero attached hydrogens (tertiary/aromatic N) is 13. The van der Waals surface area contributed by atoms with Crippen molar-refractivity contribution < 1.29 is 35.4 Å². The SMILES string of the molecule is Br.CCNC(=O)c1cnc2c(O)c(CC)ncc2c1.CN(C)Cc1cnc2c(Cl)cc(Cl)c(O)c2n1.CNCc1ccc2c(Cl)cc(Cl)c(O)c2n1.Cc1nc(Cn2cnc3c(O)c(Cl)cc(Cl)c3c2=O)cs1.Cl.Cl.Cl.O=c1c2c(Cl)cc(Cl)c(O)c2ncn1C1CC1.O=c1c2c(Cl)cc(Cl)c(O)c2ncn1CC1CC1. The van der Waals surface area contributed by atoms with Crippen molar-refractivity contribution in [2.24, 2.45) is 5.92 Å². The second kappa shape index (κ2) is 40.8. The number of hydrogen-bond acceptors (Lipinski definition) is 22. The molecule has 2 saturated carbocycles. The molecule has 15 rings (SSSR count). The highest BCUT2D eigenvalue weighted by atomic mass is 79.9. The second-order valence-corrected chi connectivity index (χ2v) is 29.6. The van der Waals surface area contributed by atoms with Crippen molar-refractivity contribution >= 4 is 253 Å². The Hall–Kier alpha value is -7.10. The molecule has 5 aromatic carbocycles. The van der Waals surface area contributed by atoms with Gasteiger partial charge in [-0.05, 0) is 122 Å². The number of aromatic nitrogens is 12. The summed E-state index contributed by atoms with van der Waals surface area (Å²) in [6.07, 6.45) is 13.8. The number of halogens is 14. The lowest BCUT2D eigenvalue weighted by Crippen LogP contribution is -2.22. The Balaban J connectivity index is 0.000000207. The van der Waals surface area contributed by atoms with Crippen LogP contribution in [0.3, 0.4) is 0 Å². The maximum absolute atomic E-state index is 12.5. The van der Waals surface area contributed by atoms with Gasteiger partial charge in [-0.25, -0.2) is 29.9 Å². The molecular formula is C71H67BrCl13N15O10S. The van der Waals surface area contributed by atoms with Crippen molar-refractivity contribution in [3.05, 3.63) is 206 Å². The topological polar surface area (TPSA) is 348 Å². The summed E-state index contributed by atoms with van der Waals surface area (Å²) in [5.74, 6) is -0.286. The predicted molar refractivity (Wildman–Crippen MR) is 455 cm³/mol. The van der Waals surface area contributed by atoms with E-state index in [0.29, 0.717) is 99.2 Å². The number of aromatic hydroxyl groups is 6. The first-order valence-electron chi connectivity index (χ1n) is 32.4. The minimum Gasteiger partial charge on any atom is -0.504 e. The Morgan fingerprint density at radius 3 is 1.54 bits per heavy atom. The lowest BCUT2D eigenvalue weighted by molar-refractivity contribution is 0.0955. The van der Waals surface area contributed by atoms with E-state index < -0.39 is 0 Å². The Morgan fingerprint density at radius 1 is 0.532 bits per heavy atom. The zero-order chi connectivity index (χ0) is 77.6. The predicted octanol–water partition coefficient (Wildman–Crippen LogP) is 17.9. The number of nitrogens with one attached hydrogen (secondary N) is 2. The molecule has 2 fully saturated rings. The van der Waals surface area contributed by atoms with Crippen LogP contribution >= 0.6 is 182 Å². The normalized spacial score (nSPS) is 12.0. The first-order valence-corrected chi connectivity index (χ1v) is 37.0. The van der Waals surface area contributed by atoms with E-state index in [2.05, 4.69) is 55.5 Å². The highest BCUT2D eigenvalue weighted by Gasteiger charge is 2.28. The van der Waals surface area contributed by atoms with Gasteiger partial charge in [-0.3, -0.25) is 47.8 Å². The van der Waals surface area contributed by atoms with Crippen molar-refractivity contribution in [3.8, 4) is 34.5 Å². The lowest BCUT2D eigenvalue weighted by atomic mass is 10.1. The fraction of sp³-hybridized carbons (Fsp3) is 0.254. The van der Waals surface area contributed by atoms with Crippen LogP contribution in [0.4, 0.5) is 0 Å². The van der Waals surface area contributed by atoms with Crippen molar-refractivity contribution in [1.29, 1.82) is 0 Å². The molecule has 0 spiro atoms. The summed E-state index contributed by atoms with van der Waals surface area (Å²) in [7, 11) is 5.68. The van der Waals surface area contributed by atoms with Gasteiger partial charge < -0.3 is 46.2 Å². The van der Waals surface area contributed by atoms with Gasteiger partial charge in [0.25, 0.3) is 22.6 Å². The molecule has 2 aliphatic rings. The zero-order valence-corrected chi connectivity index (χ0v) is 71.4. The first kappa shape index (κ1) is 92.8. The molecule has 2 aliphatic carbocycles. The molecule has 8 heterocycles. The van der Waals surface area contributed by atoms with Gasteiger partial charge in [0.2, 0.25) is 0 Å². The van der Waals surface area contributed by atoms with Gasteiger partial charge in [0.05, 0.1) is 131 Å². The number of aryl methyl sites for hydroxylation is 2. The Bertz CT molecular complexity index is 5810. The monoisotopic (exact) mass is 1860 g/mol. The van der Waals surface area contributed by atoms with Crippen LogP contribution in [-0.4, -0.2) is 128 Å². The zero-order valence-electron chi connectivity index (χ0n) is 58.8. The summed E-state index contributed by atoms with van der Waals surface area (Å²) in [4.78, 5) is 88.2. The fourth-order valence-electron chi connectivity index (χ4n) is 10.6. The number of amides is 1. The van der Waals surface area contributed by atoms with E-state index in [4.69, 9.17) is 116 Å². The van der Waals surface area contributed by atoms with E-state index in [1.54, 1.807) is 27.6 Å². The molecule has 0 bridgehead atoms. The van der Waals surface area contributed by atoms with E-state index >= 15 is 0 Å². The number of benzene rings is 5. The maximum atomic E-state index is 12.5. The van der Waals surface area contributed by atoms with Crippen molar-refractivity contribution in [2.75, 3.05) is 27.7 Å². The van der Waals surface area contributed by atoms with E-state index in [9.17, 15) is 49.8 Å². The summed E-state index contributed by atoms with van der Waals surface area (Å²) < 4.78 is 4.50. The highest BCUT2D eigenvalue weighted by molar-refractivity contribution is 8.93. The van der Waals surface area contributed by atoms with Crippen molar-refractivity contribution in [2.45, 2.75) is 85.1 Å². The minimum absolute atomic E-state index is 0. The smallest absolute Gasteiger partial charge is 0.263 e. The largest absolute Gasteiger partial charge is 0.504 e. The van der Waals surface area contributed by atoms with E-state index in [1.807, 2.05) is 64.3 Å². The third kappa shape index (κ3) is 21.9. The summed E-state index contributed by atoms with van der Waals surface area (Å²) in [6, 6.07) is 12.6. The molecule has 0 radical (unpaired) electrons. The summed E-state index contributed by atoms with van der Waals surface area (Å²) in [6.45, 7) is 8.44. The fourth-order valence-corrected chi connectivity index (χ4v) is 13.9. The van der Waals surface area contributed by atoms with E-state index in [0.717, 1.165) is 47.8 Å². The molecule has 13 aromatic rings. The molecule has 0 atom stereocenters. The molecule has 0 saturated heterocycles. The number of rotatable bonds is 12. The van der Waals surface area contributed by atoms with E-state index in [-0.39, 0.29) is 190 Å². The summed E-state index contributed by atoms with van der Waals surface area (Å²) in [5.41, 5.74) is 4.74. The number of carbonyl (C=O) groups excluding carboxylic acids is 1. The number of pyridine rings is 3. The van der Waals surface area contributed by atoms with Crippen LogP contribution in [0.5, 0.6) is 34.5 Å². The van der Waals surface area contributed by atoms with Gasteiger partial charge in [0, 0.05) is 60.8 Å². The number of carbonyl (C=O) groups is 1. The van der Waals surface area contributed by atoms with Gasteiger partial charge >= 0.3 is 0 Å². The standard InChI is InChI=1S/C13H9Cl2N3O2S.C13H15N3O2.C12H10Cl2N2O2.C11H11Cl2N3O.C11H8Cl2N2O2.C11H10Cl2N2O.BrH.3ClH/c1-6-17-7(4-21-6)3-18-5-16-11-10(13(18)20)8(14)2-9(15)12(11)19;1-3-10-12(17)11-8(6-15-10)5-9(7-16-11)13(18)14-4-2;13-7-3-8(14)11(17)10-9(7)12(18)16(5-15-10)4-6-1-2-6;1-16(2)5-6-4-14-9-7(12)3-8(13)11(17)10(9)15-6;12-6-3-7(13)10(16)9-8(6)11(17)15(4-14-9)5-1-2-5;1-14-5-6-2-3-7-8(12)4-9(13)11(16)10(7)15-6;;;;/h2,4-5,19H,3H2,1H3;5-7,17H,3-4H2,1-2H3,(H,14,18);3,5-6,17H,1-2,4H2;3-4,17H,5H2,1-2H3;3-5,16H,1-2H2;2-4,14,16H,5H2,1H3;4*1H. The average molecular weight is 1860 g/mol. The van der Waals surface area contributed by atoms with Crippen LogP contribution in [0.1, 0.15) is 83.7 Å². The highest BCUT2D eigenvalue weighted by Crippen LogP contribution is 2.41. The van der Waals surface area contributed by atoms with Gasteiger partial charge in [-0.1, -0.05) is 123 Å². The Labute approximate surface area is 715 Å². The van der Waals surface area contributed by atoms with Gasteiger partial charge in [-0.15, -0.1) is 65.5 Å². The number of thiazole rings is 1. The van der Waals surface area contributed by atoms with Crippen LogP contribution in [0, 0.1) is 12.8 Å². The quantitative estimate of drug-likeness (QED) is 0.0563. The van der Waals surface area contributed by atoms with Crippen molar-refractivity contribution in [1.82, 2.24) is 74.1 Å². The number of phenols is 5. The molecule has 590 valence electrons. The van der Waals surface area contributed by atoms with Crippen LogP contribution in [0.25, 0.3) is 65.5 Å². The molecule has 8 aromatic heterocycles. The van der Waals surface area contributed by atoms with E-state index in [1.165, 1.54) is 71.4 Å². The molecule has 0 aliphatic heterocycles. The number of fused-ring (bicyclic) bond motifs is 6. The van der Waals surface area contributed by atoms with Gasteiger partial charge in [-0.2, -0.15) is 0 Å².